The van der Waals surface area contributed by atoms with Crippen LogP contribution in [-0.4, -0.2) is 18.2 Å². The Balaban J connectivity index is 2.56. The highest BCUT2D eigenvalue weighted by Gasteiger charge is 2.37. The summed E-state index contributed by atoms with van der Waals surface area (Å²) in [6, 6.07) is 1.51. The first kappa shape index (κ1) is 11.7. The van der Waals surface area contributed by atoms with Crippen LogP contribution in [0.2, 0.25) is 0 Å². The molecule has 0 saturated carbocycles. The third-order valence-electron chi connectivity index (χ3n) is 2.34. The van der Waals surface area contributed by atoms with E-state index in [9.17, 15) is 18.4 Å². The van der Waals surface area contributed by atoms with Gasteiger partial charge in [0, 0.05) is 11.1 Å². The van der Waals surface area contributed by atoms with Gasteiger partial charge in [-0.3, -0.25) is 14.5 Å². The van der Waals surface area contributed by atoms with Gasteiger partial charge in [0.15, 0.2) is 11.6 Å². The average molecular weight is 258 g/mol. The number of hydrogen-bond acceptors (Lipinski definition) is 2. The Hall–Kier alpha value is -1.75. The normalized spacial score (nSPS) is 14.2. The molecule has 2 rings (SSSR count). The van der Waals surface area contributed by atoms with Crippen molar-refractivity contribution in [2.24, 2.45) is 0 Å². The topological polar surface area (TPSA) is 37.4 Å². The molecule has 1 aliphatic heterocycles. The van der Waals surface area contributed by atoms with E-state index in [1.807, 2.05) is 0 Å². The first-order valence-electron chi connectivity index (χ1n) is 4.60. The van der Waals surface area contributed by atoms with E-state index in [2.05, 4.69) is 6.58 Å². The van der Waals surface area contributed by atoms with Crippen molar-refractivity contribution in [3.63, 3.8) is 0 Å². The van der Waals surface area contributed by atoms with E-state index in [4.69, 9.17) is 11.6 Å². The van der Waals surface area contributed by atoms with Gasteiger partial charge >= 0.3 is 0 Å². The van der Waals surface area contributed by atoms with Gasteiger partial charge in [0.05, 0.1) is 17.8 Å². The number of Topliss-reactive ketones (excluding diaryl/α,β-unsaturated/α-hetero) is 1. The number of benzene rings is 1. The van der Waals surface area contributed by atoms with Crippen molar-refractivity contribution in [2.45, 2.75) is 0 Å². The highest BCUT2D eigenvalue weighted by atomic mass is 35.5. The Morgan fingerprint density at radius 1 is 1.29 bits per heavy atom. The molecule has 0 aliphatic carbocycles. The van der Waals surface area contributed by atoms with Gasteiger partial charge < -0.3 is 0 Å². The number of hydrogen-bond donors (Lipinski definition) is 0. The van der Waals surface area contributed by atoms with Crippen LogP contribution in [0.4, 0.5) is 14.5 Å². The Labute approximate surface area is 100 Å². The Kier molecular flexibility index (Phi) is 2.71. The largest absolute Gasteiger partial charge is 0.299 e. The van der Waals surface area contributed by atoms with E-state index >= 15 is 0 Å². The minimum Gasteiger partial charge on any atom is -0.299 e. The summed E-state index contributed by atoms with van der Waals surface area (Å²) in [4.78, 5) is 24.0. The molecular formula is C11H6ClF2NO2. The lowest BCUT2D eigenvalue weighted by molar-refractivity contribution is -0.114. The van der Waals surface area contributed by atoms with Crippen molar-refractivity contribution in [1.82, 2.24) is 0 Å². The second-order valence-corrected chi connectivity index (χ2v) is 4.06. The zero-order valence-electron chi connectivity index (χ0n) is 8.47. The van der Waals surface area contributed by atoms with Crippen LogP contribution in [-0.2, 0) is 4.79 Å². The number of ketones is 1. The molecule has 1 heterocycles. The minimum atomic E-state index is -1.17. The van der Waals surface area contributed by atoms with E-state index in [-0.39, 0.29) is 22.8 Å². The number of carbonyl (C=O) groups excluding carboxylic acids is 2. The fraction of sp³-hybridized carbons (Fsp3) is 0.0909. The van der Waals surface area contributed by atoms with Gasteiger partial charge in [0.1, 0.15) is 0 Å². The molecule has 17 heavy (non-hydrogen) atoms. The second kappa shape index (κ2) is 3.92. The third kappa shape index (κ3) is 1.82. The molecule has 0 bridgehead atoms. The lowest BCUT2D eigenvalue weighted by atomic mass is 10.1. The van der Waals surface area contributed by atoms with E-state index < -0.39 is 23.3 Å². The lowest BCUT2D eigenvalue weighted by Crippen LogP contribution is -2.30. The molecule has 1 aromatic carbocycles. The molecule has 0 unspecified atom stereocenters. The van der Waals surface area contributed by atoms with Crippen LogP contribution in [0, 0.1) is 11.6 Å². The molecule has 0 aromatic heterocycles. The number of anilines is 1. The molecule has 1 amide bonds. The quantitative estimate of drug-likeness (QED) is 0.762. The van der Waals surface area contributed by atoms with E-state index in [1.165, 1.54) is 0 Å². The highest BCUT2D eigenvalue weighted by Crippen LogP contribution is 2.31. The van der Waals surface area contributed by atoms with Crippen LogP contribution in [0.25, 0.3) is 0 Å². The summed E-state index contributed by atoms with van der Waals surface area (Å²) in [6.07, 6.45) is 0. The molecule has 1 aliphatic rings. The van der Waals surface area contributed by atoms with Gasteiger partial charge in [-0.15, -0.1) is 0 Å². The van der Waals surface area contributed by atoms with Gasteiger partial charge in [-0.25, -0.2) is 8.78 Å². The monoisotopic (exact) mass is 257 g/mol. The minimum absolute atomic E-state index is 0.0145. The van der Waals surface area contributed by atoms with Crippen molar-refractivity contribution in [2.75, 3.05) is 11.4 Å². The number of amides is 1. The van der Waals surface area contributed by atoms with Gasteiger partial charge in [-0.1, -0.05) is 18.2 Å². The van der Waals surface area contributed by atoms with Crippen LogP contribution in [0.3, 0.4) is 0 Å². The van der Waals surface area contributed by atoms with Crippen molar-refractivity contribution < 1.29 is 18.4 Å². The number of nitrogens with zero attached hydrogens (tertiary/aromatic N) is 1. The van der Waals surface area contributed by atoms with Crippen LogP contribution < -0.4 is 4.90 Å². The van der Waals surface area contributed by atoms with Gasteiger partial charge in [-0.2, -0.15) is 0 Å². The molecule has 0 fully saturated rings. The summed E-state index contributed by atoms with van der Waals surface area (Å²) < 4.78 is 26.0. The fourth-order valence-electron chi connectivity index (χ4n) is 1.62. The zero-order chi connectivity index (χ0) is 12.7. The first-order chi connectivity index (χ1) is 7.91. The maximum Gasteiger partial charge on any atom is 0.299 e. The molecule has 0 spiro atoms. The number of fused-ring (bicyclic) bond motifs is 1. The number of carbonyl (C=O) groups is 2. The SMILES string of the molecule is C=C(Cl)CN1C(=O)C(=O)c2cc(F)c(F)cc21. The summed E-state index contributed by atoms with van der Waals surface area (Å²) in [7, 11) is 0. The van der Waals surface area contributed by atoms with E-state index in [0.29, 0.717) is 6.07 Å². The summed E-state index contributed by atoms with van der Waals surface area (Å²) in [5, 5.41) is 0.115. The second-order valence-electron chi connectivity index (χ2n) is 3.52. The summed E-state index contributed by atoms with van der Waals surface area (Å²) in [5.41, 5.74) is -0.146. The number of rotatable bonds is 2. The van der Waals surface area contributed by atoms with Crippen molar-refractivity contribution in [1.29, 1.82) is 0 Å². The molecule has 88 valence electrons. The Bertz CT molecular complexity index is 557. The third-order valence-corrected chi connectivity index (χ3v) is 2.46. The van der Waals surface area contributed by atoms with Gasteiger partial charge in [0.2, 0.25) is 0 Å². The Morgan fingerprint density at radius 2 is 1.88 bits per heavy atom. The van der Waals surface area contributed by atoms with Crippen LogP contribution >= 0.6 is 11.6 Å². The van der Waals surface area contributed by atoms with Crippen molar-refractivity contribution in [3.05, 3.63) is 40.9 Å². The number of halogens is 3. The highest BCUT2D eigenvalue weighted by molar-refractivity contribution is 6.52. The molecule has 0 radical (unpaired) electrons. The Morgan fingerprint density at radius 3 is 2.47 bits per heavy atom. The first-order valence-corrected chi connectivity index (χ1v) is 4.98. The summed E-state index contributed by atoms with van der Waals surface area (Å²) in [6.45, 7) is 3.26. The fourth-order valence-corrected chi connectivity index (χ4v) is 1.74. The van der Waals surface area contributed by atoms with Gasteiger partial charge in [0.25, 0.3) is 11.7 Å². The van der Waals surface area contributed by atoms with E-state index in [1.54, 1.807) is 0 Å². The predicted octanol–water partition coefficient (Wildman–Crippen LogP) is 2.25. The zero-order valence-corrected chi connectivity index (χ0v) is 9.22. The lowest BCUT2D eigenvalue weighted by Gasteiger charge is -2.15. The molecule has 0 saturated heterocycles. The van der Waals surface area contributed by atoms with E-state index in [0.717, 1.165) is 11.0 Å². The molecule has 0 N–H and O–H groups in total. The summed E-state index contributed by atoms with van der Waals surface area (Å²) >= 11 is 5.54. The predicted molar refractivity (Wildman–Crippen MR) is 58.0 cm³/mol. The van der Waals surface area contributed by atoms with Crippen molar-refractivity contribution >= 4 is 29.0 Å². The maximum absolute atomic E-state index is 13.1. The van der Waals surface area contributed by atoms with Crippen LogP contribution in [0.5, 0.6) is 0 Å². The molecule has 1 aromatic rings. The molecule has 6 heteroatoms. The molecule has 3 nitrogen and oxygen atoms in total. The summed E-state index contributed by atoms with van der Waals surface area (Å²) in [5.74, 6) is -4.04. The van der Waals surface area contributed by atoms with Crippen LogP contribution in [0.1, 0.15) is 10.4 Å². The average Bonchev–Trinajstić information content (AvgIpc) is 2.45. The van der Waals surface area contributed by atoms with Gasteiger partial charge in [-0.05, 0) is 6.07 Å². The van der Waals surface area contributed by atoms with Crippen LogP contribution in [0.15, 0.2) is 23.7 Å². The smallest absolute Gasteiger partial charge is 0.299 e. The molecular weight excluding hydrogens is 252 g/mol. The van der Waals surface area contributed by atoms with Crippen molar-refractivity contribution in [3.8, 4) is 0 Å². The maximum atomic E-state index is 13.1. The molecule has 0 atom stereocenters. The standard InChI is InChI=1S/C11H6ClF2NO2/c1-5(12)4-15-9-3-8(14)7(13)2-6(9)10(16)11(15)17/h2-3H,1,4H2.